The molecule has 96 valence electrons. The largest absolute Gasteiger partial charge is 0.457 e. The molecule has 0 spiro atoms. The van der Waals surface area contributed by atoms with Crippen molar-refractivity contribution in [2.75, 3.05) is 0 Å². The molecule has 0 unspecified atom stereocenters. The van der Waals surface area contributed by atoms with Crippen LogP contribution in [-0.2, 0) is 0 Å². The van der Waals surface area contributed by atoms with E-state index in [9.17, 15) is 0 Å². The molecule has 0 saturated heterocycles. The van der Waals surface area contributed by atoms with Gasteiger partial charge >= 0.3 is 0 Å². The molecule has 0 saturated carbocycles. The maximum absolute atomic E-state index is 8.75. The van der Waals surface area contributed by atoms with Crippen LogP contribution in [0.4, 0.5) is 0 Å². The van der Waals surface area contributed by atoms with E-state index in [1.54, 1.807) is 6.07 Å². The van der Waals surface area contributed by atoms with Crippen molar-refractivity contribution in [2.24, 2.45) is 0 Å². The van der Waals surface area contributed by atoms with Crippen molar-refractivity contribution in [3.8, 4) is 28.8 Å². The van der Waals surface area contributed by atoms with Crippen LogP contribution in [0, 0.1) is 11.3 Å². The first-order valence-electron chi connectivity index (χ1n) is 6.14. The van der Waals surface area contributed by atoms with Gasteiger partial charge in [0.15, 0.2) is 5.69 Å². The minimum absolute atomic E-state index is 0.379. The van der Waals surface area contributed by atoms with Crippen molar-refractivity contribution < 1.29 is 4.74 Å². The van der Waals surface area contributed by atoms with Crippen molar-refractivity contribution >= 4 is 0 Å². The van der Waals surface area contributed by atoms with Crippen molar-refractivity contribution in [3.05, 3.63) is 66.4 Å². The van der Waals surface area contributed by atoms with Gasteiger partial charge in [-0.25, -0.2) is 0 Å². The molecule has 0 aliphatic carbocycles. The summed E-state index contributed by atoms with van der Waals surface area (Å²) in [5, 5.41) is 15.5. The lowest BCUT2D eigenvalue weighted by molar-refractivity contribution is 0.483. The molecule has 0 aliphatic heterocycles. The average molecular weight is 261 g/mol. The van der Waals surface area contributed by atoms with Gasteiger partial charge in [-0.3, -0.25) is 5.10 Å². The third kappa shape index (κ3) is 2.52. The van der Waals surface area contributed by atoms with Gasteiger partial charge in [0.25, 0.3) is 0 Å². The fraction of sp³-hybridized carbons (Fsp3) is 0. The molecule has 2 aromatic carbocycles. The van der Waals surface area contributed by atoms with E-state index in [0.717, 1.165) is 22.8 Å². The Morgan fingerprint density at radius 3 is 2.30 bits per heavy atom. The van der Waals surface area contributed by atoms with Gasteiger partial charge in [-0.05, 0) is 42.0 Å². The molecule has 0 bridgehead atoms. The number of hydrogen-bond donors (Lipinski definition) is 1. The van der Waals surface area contributed by atoms with E-state index in [1.165, 1.54) is 0 Å². The van der Waals surface area contributed by atoms with Gasteiger partial charge in [-0.15, -0.1) is 0 Å². The number of aromatic nitrogens is 2. The summed E-state index contributed by atoms with van der Waals surface area (Å²) in [6, 6.07) is 20.9. The summed E-state index contributed by atoms with van der Waals surface area (Å²) in [7, 11) is 0. The van der Waals surface area contributed by atoms with Gasteiger partial charge in [0.1, 0.15) is 17.6 Å². The molecule has 0 fully saturated rings. The van der Waals surface area contributed by atoms with Crippen LogP contribution in [0.1, 0.15) is 5.69 Å². The number of nitriles is 1. The summed E-state index contributed by atoms with van der Waals surface area (Å²) >= 11 is 0. The quantitative estimate of drug-likeness (QED) is 0.781. The Kier molecular flexibility index (Phi) is 3.17. The standard InChI is InChI=1S/C16H11N3O/c17-11-13-10-16(19-18-13)12-6-8-15(9-7-12)20-14-4-2-1-3-5-14/h1-10H,(H,18,19). The molecule has 1 N–H and O–H groups in total. The smallest absolute Gasteiger partial charge is 0.162 e. The molecule has 0 radical (unpaired) electrons. The van der Waals surface area contributed by atoms with Crippen molar-refractivity contribution in [1.29, 1.82) is 5.26 Å². The summed E-state index contributed by atoms with van der Waals surface area (Å²) < 4.78 is 5.72. The molecule has 4 heteroatoms. The molecule has 3 rings (SSSR count). The lowest BCUT2D eigenvalue weighted by Gasteiger charge is -2.05. The molecule has 1 aromatic heterocycles. The number of nitrogens with one attached hydrogen (secondary N) is 1. The lowest BCUT2D eigenvalue weighted by Crippen LogP contribution is -1.84. The zero-order valence-electron chi connectivity index (χ0n) is 10.6. The predicted molar refractivity (Wildman–Crippen MR) is 75.3 cm³/mol. The van der Waals surface area contributed by atoms with Crippen molar-refractivity contribution in [2.45, 2.75) is 0 Å². The second kappa shape index (κ2) is 5.29. The molecule has 1 heterocycles. The van der Waals surface area contributed by atoms with Crippen LogP contribution in [0.5, 0.6) is 11.5 Å². The van der Waals surface area contributed by atoms with E-state index in [2.05, 4.69) is 10.2 Å². The SMILES string of the molecule is N#Cc1cc(-c2ccc(Oc3ccccc3)cc2)[nH]n1. The topological polar surface area (TPSA) is 61.7 Å². The van der Waals surface area contributed by atoms with E-state index < -0.39 is 0 Å². The third-order valence-electron chi connectivity index (χ3n) is 2.84. The van der Waals surface area contributed by atoms with Crippen molar-refractivity contribution in [1.82, 2.24) is 10.2 Å². The molecule has 20 heavy (non-hydrogen) atoms. The first-order chi connectivity index (χ1) is 9.85. The Bertz CT molecular complexity index is 739. The first-order valence-corrected chi connectivity index (χ1v) is 6.14. The van der Waals surface area contributed by atoms with Crippen LogP contribution in [-0.4, -0.2) is 10.2 Å². The highest BCUT2D eigenvalue weighted by Crippen LogP contribution is 2.24. The third-order valence-corrected chi connectivity index (χ3v) is 2.84. The highest BCUT2D eigenvalue weighted by Gasteiger charge is 2.03. The summed E-state index contributed by atoms with van der Waals surface area (Å²) in [6.07, 6.45) is 0. The molecular weight excluding hydrogens is 250 g/mol. The zero-order valence-corrected chi connectivity index (χ0v) is 10.6. The van der Waals surface area contributed by atoms with Gasteiger partial charge in [0.05, 0.1) is 5.69 Å². The van der Waals surface area contributed by atoms with Crippen LogP contribution < -0.4 is 4.74 Å². The minimum atomic E-state index is 0.379. The summed E-state index contributed by atoms with van der Waals surface area (Å²) in [5.41, 5.74) is 2.15. The van der Waals surface area contributed by atoms with Gasteiger partial charge in [-0.2, -0.15) is 10.4 Å². The molecule has 3 aromatic rings. The van der Waals surface area contributed by atoms with E-state index in [4.69, 9.17) is 10.00 Å². The Morgan fingerprint density at radius 1 is 0.950 bits per heavy atom. The molecular formula is C16H11N3O. The zero-order chi connectivity index (χ0) is 13.8. The van der Waals surface area contributed by atoms with Crippen LogP contribution in [0.2, 0.25) is 0 Å². The number of ether oxygens (including phenoxy) is 1. The van der Waals surface area contributed by atoms with Crippen LogP contribution in [0.3, 0.4) is 0 Å². The number of H-pyrrole nitrogens is 1. The van der Waals surface area contributed by atoms with Gasteiger partial charge in [0.2, 0.25) is 0 Å². The minimum Gasteiger partial charge on any atom is -0.457 e. The van der Waals surface area contributed by atoms with Gasteiger partial charge in [0, 0.05) is 6.07 Å². The number of hydrogen-bond acceptors (Lipinski definition) is 3. The monoisotopic (exact) mass is 261 g/mol. The maximum Gasteiger partial charge on any atom is 0.162 e. The normalized spacial score (nSPS) is 9.95. The Morgan fingerprint density at radius 2 is 1.65 bits per heavy atom. The second-order valence-corrected chi connectivity index (χ2v) is 4.22. The van der Waals surface area contributed by atoms with E-state index in [0.29, 0.717) is 5.69 Å². The average Bonchev–Trinajstić information content (AvgIpc) is 2.98. The number of benzene rings is 2. The van der Waals surface area contributed by atoms with Crippen LogP contribution in [0.25, 0.3) is 11.3 Å². The fourth-order valence-corrected chi connectivity index (χ4v) is 1.85. The highest BCUT2D eigenvalue weighted by molar-refractivity contribution is 5.61. The van der Waals surface area contributed by atoms with Crippen LogP contribution >= 0.6 is 0 Å². The summed E-state index contributed by atoms with van der Waals surface area (Å²) in [6.45, 7) is 0. The first kappa shape index (κ1) is 12.0. The van der Waals surface area contributed by atoms with Gasteiger partial charge < -0.3 is 4.74 Å². The molecule has 0 atom stereocenters. The number of nitrogens with zero attached hydrogens (tertiary/aromatic N) is 2. The molecule has 0 amide bonds. The van der Waals surface area contributed by atoms with E-state index in [-0.39, 0.29) is 0 Å². The molecule has 4 nitrogen and oxygen atoms in total. The predicted octanol–water partition coefficient (Wildman–Crippen LogP) is 3.74. The number of aromatic amines is 1. The fourth-order valence-electron chi connectivity index (χ4n) is 1.85. The van der Waals surface area contributed by atoms with Crippen LogP contribution in [0.15, 0.2) is 60.7 Å². The summed E-state index contributed by atoms with van der Waals surface area (Å²) in [5.74, 6) is 1.56. The van der Waals surface area contributed by atoms with E-state index in [1.807, 2.05) is 60.7 Å². The Hall–Kier alpha value is -3.06. The number of para-hydroxylation sites is 1. The Labute approximate surface area is 116 Å². The van der Waals surface area contributed by atoms with Crippen molar-refractivity contribution in [3.63, 3.8) is 0 Å². The highest BCUT2D eigenvalue weighted by atomic mass is 16.5. The molecule has 0 aliphatic rings. The Balaban J connectivity index is 1.79. The lowest BCUT2D eigenvalue weighted by atomic mass is 10.1. The number of rotatable bonds is 3. The maximum atomic E-state index is 8.75. The van der Waals surface area contributed by atoms with E-state index >= 15 is 0 Å². The summed E-state index contributed by atoms with van der Waals surface area (Å²) in [4.78, 5) is 0. The second-order valence-electron chi connectivity index (χ2n) is 4.22. The van der Waals surface area contributed by atoms with Gasteiger partial charge in [-0.1, -0.05) is 18.2 Å².